The summed E-state index contributed by atoms with van der Waals surface area (Å²) in [6, 6.07) is 2.23. The van der Waals surface area contributed by atoms with E-state index in [-0.39, 0.29) is 17.7 Å². The number of nitro benzene ring substituents is 2. The van der Waals surface area contributed by atoms with Gasteiger partial charge in [-0.1, -0.05) is 0 Å². The molecule has 0 fully saturated rings. The van der Waals surface area contributed by atoms with Gasteiger partial charge < -0.3 is 5.32 Å². The van der Waals surface area contributed by atoms with Crippen LogP contribution < -0.4 is 5.32 Å². The van der Waals surface area contributed by atoms with Crippen molar-refractivity contribution >= 4 is 45.6 Å². The number of hydrogen-bond donors (Lipinski definition) is 1. The molecule has 0 aliphatic carbocycles. The van der Waals surface area contributed by atoms with E-state index in [1.807, 2.05) is 6.92 Å². The van der Waals surface area contributed by atoms with E-state index in [0.717, 1.165) is 21.4 Å². The molecule has 0 spiro atoms. The minimum Gasteiger partial charge on any atom is -0.326 e. The molecule has 25 heavy (non-hydrogen) atoms. The molecular formula is C14H14IN5O5. The first kappa shape index (κ1) is 18.8. The SMILES string of the molecule is Cc1c([N+](=O)[O-])cc(NC(=O)CCn2ncc(I)c2C)cc1[N+](=O)[O-]. The average molecular weight is 459 g/mol. The molecule has 2 aromatic rings. The van der Waals surface area contributed by atoms with E-state index in [1.165, 1.54) is 6.92 Å². The first-order valence-corrected chi connectivity index (χ1v) is 8.19. The average Bonchev–Trinajstić information content (AvgIpc) is 2.85. The number of hydrogen-bond acceptors (Lipinski definition) is 6. The lowest BCUT2D eigenvalue weighted by Crippen LogP contribution is -2.16. The molecule has 0 aliphatic rings. The Kier molecular flexibility index (Phi) is 5.66. The van der Waals surface area contributed by atoms with Crippen molar-refractivity contribution in [1.29, 1.82) is 0 Å². The van der Waals surface area contributed by atoms with Crippen LogP contribution in [0.1, 0.15) is 17.7 Å². The van der Waals surface area contributed by atoms with Crippen molar-refractivity contribution in [2.75, 3.05) is 5.32 Å². The fraction of sp³-hybridized carbons (Fsp3) is 0.286. The van der Waals surface area contributed by atoms with E-state index in [0.29, 0.717) is 6.54 Å². The van der Waals surface area contributed by atoms with Gasteiger partial charge in [0.25, 0.3) is 11.4 Å². The summed E-state index contributed by atoms with van der Waals surface area (Å²) in [5, 5.41) is 28.7. The van der Waals surface area contributed by atoms with Crippen LogP contribution >= 0.6 is 22.6 Å². The highest BCUT2D eigenvalue weighted by Crippen LogP contribution is 2.31. The van der Waals surface area contributed by atoms with Crippen molar-refractivity contribution in [3.8, 4) is 0 Å². The van der Waals surface area contributed by atoms with Crippen molar-refractivity contribution in [3.05, 3.63) is 53.4 Å². The highest BCUT2D eigenvalue weighted by atomic mass is 127. The van der Waals surface area contributed by atoms with E-state index in [2.05, 4.69) is 33.0 Å². The van der Waals surface area contributed by atoms with Crippen molar-refractivity contribution in [2.24, 2.45) is 0 Å². The van der Waals surface area contributed by atoms with Gasteiger partial charge in [-0.05, 0) is 36.4 Å². The van der Waals surface area contributed by atoms with Crippen LogP contribution in [-0.2, 0) is 11.3 Å². The van der Waals surface area contributed by atoms with Gasteiger partial charge in [0, 0.05) is 24.2 Å². The maximum absolute atomic E-state index is 12.1. The maximum Gasteiger partial charge on any atom is 0.281 e. The second kappa shape index (κ2) is 7.55. The third-order valence-corrected chi connectivity index (χ3v) is 4.68. The molecule has 0 aliphatic heterocycles. The number of benzene rings is 1. The highest BCUT2D eigenvalue weighted by molar-refractivity contribution is 14.1. The fourth-order valence-electron chi connectivity index (χ4n) is 2.22. The first-order valence-electron chi connectivity index (χ1n) is 7.12. The van der Waals surface area contributed by atoms with Crippen molar-refractivity contribution in [2.45, 2.75) is 26.8 Å². The number of nitro groups is 2. The van der Waals surface area contributed by atoms with Crippen LogP contribution in [0.5, 0.6) is 0 Å². The maximum atomic E-state index is 12.1. The van der Waals surface area contributed by atoms with E-state index in [1.54, 1.807) is 10.9 Å². The lowest BCUT2D eigenvalue weighted by Gasteiger charge is -2.08. The molecule has 0 saturated heterocycles. The molecule has 1 amide bonds. The second-order valence-electron chi connectivity index (χ2n) is 5.25. The normalized spacial score (nSPS) is 10.5. The summed E-state index contributed by atoms with van der Waals surface area (Å²) < 4.78 is 2.64. The molecule has 0 saturated carbocycles. The fourth-order valence-corrected chi connectivity index (χ4v) is 2.62. The molecule has 2 rings (SSSR count). The van der Waals surface area contributed by atoms with Gasteiger partial charge in [-0.2, -0.15) is 5.10 Å². The van der Waals surface area contributed by atoms with E-state index < -0.39 is 27.1 Å². The Morgan fingerprint density at radius 1 is 1.24 bits per heavy atom. The number of rotatable bonds is 6. The monoisotopic (exact) mass is 459 g/mol. The van der Waals surface area contributed by atoms with E-state index in [4.69, 9.17) is 0 Å². The van der Waals surface area contributed by atoms with Gasteiger partial charge in [0.05, 0.1) is 31.8 Å². The van der Waals surface area contributed by atoms with E-state index in [9.17, 15) is 25.0 Å². The van der Waals surface area contributed by atoms with Crippen LogP contribution in [-0.4, -0.2) is 25.5 Å². The lowest BCUT2D eigenvalue weighted by atomic mass is 10.1. The van der Waals surface area contributed by atoms with Crippen molar-refractivity contribution in [1.82, 2.24) is 9.78 Å². The number of aromatic nitrogens is 2. The molecule has 0 atom stereocenters. The third kappa shape index (κ3) is 4.29. The van der Waals surface area contributed by atoms with Crippen molar-refractivity contribution < 1.29 is 14.6 Å². The van der Waals surface area contributed by atoms with Crippen LogP contribution in [0.2, 0.25) is 0 Å². The Labute approximate surface area is 155 Å². The first-order chi connectivity index (χ1) is 11.7. The Balaban J connectivity index is 2.16. The zero-order valence-electron chi connectivity index (χ0n) is 13.4. The molecule has 0 unspecified atom stereocenters. The van der Waals surface area contributed by atoms with Gasteiger partial charge >= 0.3 is 0 Å². The molecule has 11 heteroatoms. The van der Waals surface area contributed by atoms with Crippen molar-refractivity contribution in [3.63, 3.8) is 0 Å². The zero-order chi connectivity index (χ0) is 18.7. The summed E-state index contributed by atoms with van der Waals surface area (Å²) in [6.07, 6.45) is 1.76. The van der Waals surface area contributed by atoms with Gasteiger partial charge in [-0.15, -0.1) is 0 Å². The van der Waals surface area contributed by atoms with Gasteiger partial charge in [0.15, 0.2) is 0 Å². The summed E-state index contributed by atoms with van der Waals surface area (Å²) in [5.74, 6) is -0.419. The molecule has 1 aromatic carbocycles. The molecule has 1 N–H and O–H groups in total. The second-order valence-corrected chi connectivity index (χ2v) is 6.42. The summed E-state index contributed by atoms with van der Waals surface area (Å²) in [6.45, 7) is 3.50. The third-order valence-electron chi connectivity index (χ3n) is 3.62. The Morgan fingerprint density at radius 2 is 1.80 bits per heavy atom. The number of aryl methyl sites for hydroxylation is 1. The smallest absolute Gasteiger partial charge is 0.281 e. The highest BCUT2D eigenvalue weighted by Gasteiger charge is 2.23. The van der Waals surface area contributed by atoms with Crippen LogP contribution in [0.25, 0.3) is 0 Å². The molecule has 0 bridgehead atoms. The topological polar surface area (TPSA) is 133 Å². The number of carbonyl (C=O) groups is 1. The summed E-state index contributed by atoms with van der Waals surface area (Å²) in [4.78, 5) is 32.7. The summed E-state index contributed by atoms with van der Waals surface area (Å²) in [7, 11) is 0. The quantitative estimate of drug-likeness (QED) is 0.401. The number of amides is 1. The minimum absolute atomic E-state index is 0.0146. The van der Waals surface area contributed by atoms with Crippen LogP contribution in [0.15, 0.2) is 18.3 Å². The predicted molar refractivity (Wildman–Crippen MR) is 97.4 cm³/mol. The molecule has 1 heterocycles. The van der Waals surface area contributed by atoms with Crippen LogP contribution in [0.3, 0.4) is 0 Å². The minimum atomic E-state index is -0.715. The molecular weight excluding hydrogens is 445 g/mol. The Bertz CT molecular complexity index is 828. The summed E-state index contributed by atoms with van der Waals surface area (Å²) >= 11 is 2.13. The number of halogens is 1. The molecule has 132 valence electrons. The van der Waals surface area contributed by atoms with Gasteiger partial charge in [0.2, 0.25) is 5.91 Å². The zero-order valence-corrected chi connectivity index (χ0v) is 15.5. The van der Waals surface area contributed by atoms with Gasteiger partial charge in [-0.3, -0.25) is 29.7 Å². The number of carbonyl (C=O) groups excluding carboxylic acids is 1. The molecule has 10 nitrogen and oxygen atoms in total. The van der Waals surface area contributed by atoms with Crippen LogP contribution in [0, 0.1) is 37.6 Å². The Hall–Kier alpha value is -2.57. The number of nitrogens with zero attached hydrogens (tertiary/aromatic N) is 4. The number of nitrogens with one attached hydrogen (secondary N) is 1. The number of anilines is 1. The van der Waals surface area contributed by atoms with Gasteiger partial charge in [0.1, 0.15) is 5.56 Å². The summed E-state index contributed by atoms with van der Waals surface area (Å²) in [5.41, 5.74) is 0.0504. The molecule has 0 radical (unpaired) electrons. The lowest BCUT2D eigenvalue weighted by molar-refractivity contribution is -0.395. The van der Waals surface area contributed by atoms with E-state index >= 15 is 0 Å². The van der Waals surface area contributed by atoms with Crippen LogP contribution in [0.4, 0.5) is 17.1 Å². The Morgan fingerprint density at radius 3 is 2.24 bits per heavy atom. The predicted octanol–water partition coefficient (Wildman–Crippen LogP) is 2.95. The standard InChI is InChI=1S/C14H14IN5O5/c1-8-12(19(22)23)5-10(6-13(8)20(24)25)17-14(21)3-4-18-9(2)11(15)7-16-18/h5-7H,3-4H2,1-2H3,(H,17,21). The largest absolute Gasteiger partial charge is 0.326 e. The van der Waals surface area contributed by atoms with Gasteiger partial charge in [-0.25, -0.2) is 0 Å². The molecule has 1 aromatic heterocycles.